The number of fused-ring (bicyclic) bond motifs is 1. The van der Waals surface area contributed by atoms with Crippen molar-refractivity contribution >= 4 is 17.3 Å². The fourth-order valence-corrected chi connectivity index (χ4v) is 3.32. The summed E-state index contributed by atoms with van der Waals surface area (Å²) in [5.74, 6) is -1.83. The first kappa shape index (κ1) is 19.5. The Morgan fingerprint density at radius 1 is 1.24 bits per heavy atom. The number of methoxy groups -OCH3 is 1. The molecule has 0 saturated carbocycles. The average molecular weight is 426 g/mol. The number of hydrogen-bond acceptors (Lipinski definition) is 6. The van der Waals surface area contributed by atoms with E-state index in [-0.39, 0.29) is 41.9 Å². The van der Waals surface area contributed by atoms with Crippen LogP contribution in [0.5, 0.6) is 5.75 Å². The van der Waals surface area contributed by atoms with Crippen LogP contribution < -0.4 is 9.64 Å². The van der Waals surface area contributed by atoms with Gasteiger partial charge < -0.3 is 14.4 Å². The second-order valence-corrected chi connectivity index (χ2v) is 6.71. The van der Waals surface area contributed by atoms with Gasteiger partial charge in [0.15, 0.2) is 12.5 Å². The first-order valence-corrected chi connectivity index (χ1v) is 8.96. The molecule has 2 heterocycles. The summed E-state index contributed by atoms with van der Waals surface area (Å²) in [5.41, 5.74) is 0.549. The molecule has 0 saturated heterocycles. The maximum Gasteiger partial charge on any atom is 0.210 e. The van der Waals surface area contributed by atoms with E-state index in [1.54, 1.807) is 4.90 Å². The molecule has 29 heavy (non-hydrogen) atoms. The highest BCUT2D eigenvalue weighted by atomic mass is 35.5. The minimum atomic E-state index is -0.752. The second kappa shape index (κ2) is 7.88. The van der Waals surface area contributed by atoms with Gasteiger partial charge in [-0.3, -0.25) is 0 Å². The Bertz CT molecular complexity index is 1060. The summed E-state index contributed by atoms with van der Waals surface area (Å²) in [4.78, 5) is 2.86. The minimum Gasteiger partial charge on any atom is -0.489 e. The van der Waals surface area contributed by atoms with Crippen molar-refractivity contribution in [2.75, 3.05) is 25.2 Å². The largest absolute Gasteiger partial charge is 0.489 e. The predicted molar refractivity (Wildman–Crippen MR) is 98.1 cm³/mol. The van der Waals surface area contributed by atoms with E-state index in [2.05, 4.69) is 15.4 Å². The minimum absolute atomic E-state index is 0.0166. The predicted octanol–water partition coefficient (Wildman–Crippen LogP) is 3.41. The quantitative estimate of drug-likeness (QED) is 0.624. The van der Waals surface area contributed by atoms with Crippen LogP contribution in [0.15, 0.2) is 24.3 Å². The van der Waals surface area contributed by atoms with Gasteiger partial charge in [0, 0.05) is 31.4 Å². The van der Waals surface area contributed by atoms with Crippen molar-refractivity contribution in [3.05, 3.63) is 52.3 Å². The van der Waals surface area contributed by atoms with Crippen molar-refractivity contribution in [1.82, 2.24) is 20.2 Å². The normalized spacial score (nSPS) is 13.3. The van der Waals surface area contributed by atoms with Crippen molar-refractivity contribution in [2.45, 2.75) is 13.3 Å². The fraction of sp³-hybridized carbons (Fsp3) is 0.278. The highest BCUT2D eigenvalue weighted by Crippen LogP contribution is 2.44. The monoisotopic (exact) mass is 425 g/mol. The molecule has 0 amide bonds. The van der Waals surface area contributed by atoms with E-state index >= 15 is 4.39 Å². The first-order chi connectivity index (χ1) is 14.0. The van der Waals surface area contributed by atoms with Gasteiger partial charge in [-0.05, 0) is 11.3 Å². The van der Waals surface area contributed by atoms with Gasteiger partial charge in [0.1, 0.15) is 24.0 Å². The molecule has 1 aliphatic rings. The molecule has 0 fully saturated rings. The van der Waals surface area contributed by atoms with Crippen LogP contribution in [0.2, 0.25) is 5.02 Å². The summed E-state index contributed by atoms with van der Waals surface area (Å²) < 4.78 is 53.0. The maximum absolute atomic E-state index is 15.0. The lowest BCUT2D eigenvalue weighted by Gasteiger charge is -2.33. The van der Waals surface area contributed by atoms with Crippen LogP contribution in [-0.2, 0) is 18.0 Å². The number of aromatic nitrogens is 4. The Hall–Kier alpha value is -2.85. The lowest BCUT2D eigenvalue weighted by Crippen LogP contribution is -2.33. The summed E-state index contributed by atoms with van der Waals surface area (Å²) in [6.45, 7) is 0.701. The number of anilines is 1. The van der Waals surface area contributed by atoms with Crippen LogP contribution in [-0.4, -0.2) is 40.5 Å². The highest BCUT2D eigenvalue weighted by molar-refractivity contribution is 6.31. The van der Waals surface area contributed by atoms with Gasteiger partial charge in [0.25, 0.3) is 0 Å². The van der Waals surface area contributed by atoms with Crippen molar-refractivity contribution in [1.29, 1.82) is 0 Å². The first-order valence-electron chi connectivity index (χ1n) is 8.58. The molecule has 0 atom stereocenters. The summed E-state index contributed by atoms with van der Waals surface area (Å²) in [7, 11) is 1.46. The SMILES string of the molecule is COCn1nnc(-c2c(F)c(Cl)cc3c2N(Cc2ccc(F)cc2F)CCO3)n1. The molecule has 1 aromatic heterocycles. The van der Waals surface area contributed by atoms with E-state index in [1.807, 2.05) is 0 Å². The molecule has 0 spiro atoms. The molecule has 152 valence electrons. The summed E-state index contributed by atoms with van der Waals surface area (Å²) >= 11 is 6.04. The van der Waals surface area contributed by atoms with Gasteiger partial charge in [-0.1, -0.05) is 17.7 Å². The Kier molecular flexibility index (Phi) is 5.29. The number of ether oxygens (including phenoxy) is 2. The molecule has 0 N–H and O–H groups in total. The smallest absolute Gasteiger partial charge is 0.210 e. The molecule has 0 unspecified atom stereocenters. The number of tetrazole rings is 1. The number of rotatable bonds is 5. The van der Waals surface area contributed by atoms with Crippen LogP contribution in [0, 0.1) is 17.5 Å². The third-order valence-corrected chi connectivity index (χ3v) is 4.66. The Morgan fingerprint density at radius 2 is 2.07 bits per heavy atom. The van der Waals surface area contributed by atoms with Gasteiger partial charge in [-0.15, -0.1) is 15.0 Å². The number of hydrogen-bond donors (Lipinski definition) is 0. The van der Waals surface area contributed by atoms with Crippen molar-refractivity contribution in [3.63, 3.8) is 0 Å². The van der Waals surface area contributed by atoms with Gasteiger partial charge in [0.2, 0.25) is 5.82 Å². The average Bonchev–Trinajstić information content (AvgIpc) is 3.14. The maximum atomic E-state index is 15.0. The molecule has 2 aromatic carbocycles. The zero-order chi connectivity index (χ0) is 20.5. The molecule has 11 heteroatoms. The number of nitrogens with zero attached hydrogens (tertiary/aromatic N) is 5. The molecule has 3 aromatic rings. The highest BCUT2D eigenvalue weighted by Gasteiger charge is 2.30. The lowest BCUT2D eigenvalue weighted by molar-refractivity contribution is 0.107. The van der Waals surface area contributed by atoms with Gasteiger partial charge in [-0.25, -0.2) is 13.2 Å². The molecular weight excluding hydrogens is 411 g/mol. The van der Waals surface area contributed by atoms with E-state index < -0.39 is 17.5 Å². The zero-order valence-corrected chi connectivity index (χ0v) is 16.0. The van der Waals surface area contributed by atoms with Crippen molar-refractivity contribution in [2.24, 2.45) is 0 Å². The summed E-state index contributed by atoms with van der Waals surface area (Å²) in [6.07, 6.45) is 0. The Labute approximate surface area is 168 Å². The molecule has 0 radical (unpaired) electrons. The molecule has 0 bridgehead atoms. The molecule has 7 nitrogen and oxygen atoms in total. The van der Waals surface area contributed by atoms with Crippen LogP contribution in [0.1, 0.15) is 5.56 Å². The third kappa shape index (κ3) is 3.73. The van der Waals surface area contributed by atoms with Crippen LogP contribution >= 0.6 is 11.6 Å². The second-order valence-electron chi connectivity index (χ2n) is 6.30. The van der Waals surface area contributed by atoms with Crippen LogP contribution in [0.4, 0.5) is 18.9 Å². The molecular formula is C18H15ClF3N5O2. The van der Waals surface area contributed by atoms with E-state index in [9.17, 15) is 8.78 Å². The zero-order valence-electron chi connectivity index (χ0n) is 15.2. The third-order valence-electron chi connectivity index (χ3n) is 4.39. The number of halogens is 4. The Balaban J connectivity index is 1.81. The number of benzene rings is 2. The molecule has 4 rings (SSSR count). The topological polar surface area (TPSA) is 65.3 Å². The van der Waals surface area contributed by atoms with Crippen LogP contribution in [0.3, 0.4) is 0 Å². The Morgan fingerprint density at radius 3 is 2.83 bits per heavy atom. The van der Waals surface area contributed by atoms with E-state index in [4.69, 9.17) is 21.1 Å². The van der Waals surface area contributed by atoms with E-state index in [1.165, 1.54) is 25.3 Å². The molecule has 0 aliphatic carbocycles. The van der Waals surface area contributed by atoms with Crippen LogP contribution in [0.25, 0.3) is 11.4 Å². The van der Waals surface area contributed by atoms with E-state index in [0.717, 1.165) is 10.9 Å². The summed E-state index contributed by atoms with van der Waals surface area (Å²) in [6, 6.07) is 4.67. The standard InChI is InChI=1S/C18H15ClF3N5O2/c1-28-9-27-24-18(23-25-27)15-16(22)12(19)7-14-17(15)26(4-5-29-14)8-10-2-3-11(20)6-13(10)21/h2-3,6-7H,4-5,8-9H2,1H3. The van der Waals surface area contributed by atoms with Gasteiger partial charge >= 0.3 is 0 Å². The van der Waals surface area contributed by atoms with Crippen molar-refractivity contribution in [3.8, 4) is 17.1 Å². The summed E-state index contributed by atoms with van der Waals surface area (Å²) in [5, 5.41) is 11.6. The fourth-order valence-electron chi connectivity index (χ4n) is 3.13. The molecule has 1 aliphatic heterocycles. The van der Waals surface area contributed by atoms with Gasteiger partial charge in [0.05, 0.1) is 22.8 Å². The van der Waals surface area contributed by atoms with Crippen molar-refractivity contribution < 1.29 is 22.6 Å². The van der Waals surface area contributed by atoms with E-state index in [0.29, 0.717) is 18.0 Å². The van der Waals surface area contributed by atoms with Gasteiger partial charge in [-0.2, -0.15) is 0 Å². The lowest BCUT2D eigenvalue weighted by atomic mass is 10.1.